The lowest BCUT2D eigenvalue weighted by atomic mass is 10.1. The van der Waals surface area contributed by atoms with Gasteiger partial charge in [0.1, 0.15) is 10.6 Å². The summed E-state index contributed by atoms with van der Waals surface area (Å²) in [6, 6.07) is 1.28. The number of aliphatic hydroxyl groups excluding tert-OH is 1. The van der Waals surface area contributed by atoms with Gasteiger partial charge in [-0.25, -0.2) is 13.6 Å². The van der Waals surface area contributed by atoms with Crippen LogP contribution in [-0.4, -0.2) is 48.1 Å². The summed E-state index contributed by atoms with van der Waals surface area (Å²) < 4.78 is 23.9. The molecule has 0 spiro atoms. The van der Waals surface area contributed by atoms with Crippen LogP contribution in [0.4, 0.5) is 0 Å². The van der Waals surface area contributed by atoms with Gasteiger partial charge in [-0.15, -0.1) is 0 Å². The second-order valence-corrected chi connectivity index (χ2v) is 6.30. The number of aromatic nitrogens is 1. The summed E-state index contributed by atoms with van der Waals surface area (Å²) >= 11 is 0. The summed E-state index contributed by atoms with van der Waals surface area (Å²) in [5.41, 5.74) is 0.278. The first kappa shape index (κ1) is 14.0. The fraction of sp³-hybridized carbons (Fsp3) is 0.545. The molecule has 0 saturated carbocycles. The first-order valence-electron chi connectivity index (χ1n) is 5.95. The average molecular weight is 287 g/mol. The highest BCUT2D eigenvalue weighted by Crippen LogP contribution is 2.17. The van der Waals surface area contributed by atoms with Crippen molar-refractivity contribution < 1.29 is 18.3 Å². The minimum atomic E-state index is -3.81. The molecule has 1 aliphatic rings. The summed E-state index contributed by atoms with van der Waals surface area (Å²) in [7, 11) is -2.21. The third-order valence-corrected chi connectivity index (χ3v) is 4.16. The van der Waals surface area contributed by atoms with Gasteiger partial charge in [0.05, 0.1) is 6.10 Å². The van der Waals surface area contributed by atoms with Crippen LogP contribution in [0.1, 0.15) is 23.3 Å². The Labute approximate surface area is 111 Å². The lowest BCUT2D eigenvalue weighted by Crippen LogP contribution is -2.40. The number of piperidine rings is 1. The molecule has 8 heteroatoms. The van der Waals surface area contributed by atoms with Gasteiger partial charge in [0.2, 0.25) is 10.0 Å². The maximum atomic E-state index is 12.3. The van der Waals surface area contributed by atoms with Crippen molar-refractivity contribution in [2.24, 2.45) is 12.2 Å². The van der Waals surface area contributed by atoms with E-state index in [-0.39, 0.29) is 22.6 Å². The third kappa shape index (κ3) is 2.96. The van der Waals surface area contributed by atoms with Crippen LogP contribution in [0.15, 0.2) is 17.2 Å². The van der Waals surface area contributed by atoms with E-state index in [0.717, 1.165) is 0 Å². The topological polar surface area (TPSA) is 106 Å². The number of aryl methyl sites for hydroxylation is 1. The number of hydrogen-bond acceptors (Lipinski definition) is 4. The molecule has 0 atom stereocenters. The molecule has 0 radical (unpaired) electrons. The number of sulfonamides is 1. The number of hydrogen-bond donors (Lipinski definition) is 2. The van der Waals surface area contributed by atoms with Crippen LogP contribution < -0.4 is 5.14 Å². The Bertz CT molecular complexity index is 585. The molecular formula is C11H17N3O4S. The zero-order valence-electron chi connectivity index (χ0n) is 10.6. The van der Waals surface area contributed by atoms with E-state index in [4.69, 9.17) is 5.14 Å². The van der Waals surface area contributed by atoms with Crippen LogP contribution in [0.25, 0.3) is 0 Å². The molecule has 1 aliphatic heterocycles. The number of likely N-dealkylation sites (tertiary alicyclic amines) is 1. The van der Waals surface area contributed by atoms with Crippen molar-refractivity contribution in [2.45, 2.75) is 23.8 Å². The van der Waals surface area contributed by atoms with Crippen LogP contribution in [0, 0.1) is 0 Å². The molecule has 0 aliphatic carbocycles. The van der Waals surface area contributed by atoms with Crippen LogP contribution in [0.3, 0.4) is 0 Å². The van der Waals surface area contributed by atoms with E-state index in [1.54, 1.807) is 11.9 Å². The van der Waals surface area contributed by atoms with Crippen molar-refractivity contribution >= 4 is 15.9 Å². The molecule has 7 nitrogen and oxygen atoms in total. The number of nitrogens with two attached hydrogens (primary N) is 1. The monoisotopic (exact) mass is 287 g/mol. The minimum Gasteiger partial charge on any atom is -0.393 e. The molecule has 106 valence electrons. The summed E-state index contributed by atoms with van der Waals surface area (Å²) in [6.07, 6.45) is 2.04. The fourth-order valence-electron chi connectivity index (χ4n) is 2.13. The molecule has 2 rings (SSSR count). The van der Waals surface area contributed by atoms with E-state index in [1.807, 2.05) is 0 Å². The molecule has 1 saturated heterocycles. The standard InChI is InChI=1S/C11H17N3O4S/c1-13-7-9(19(12,17)18)6-10(13)11(16)14-4-2-8(15)3-5-14/h6-8,15H,2-5H2,1H3,(H2,12,17,18). The summed E-state index contributed by atoms with van der Waals surface area (Å²) in [6.45, 7) is 0.936. The van der Waals surface area contributed by atoms with Gasteiger partial charge >= 0.3 is 0 Å². The molecule has 0 unspecified atom stereocenters. The van der Waals surface area contributed by atoms with Crippen LogP contribution >= 0.6 is 0 Å². The highest BCUT2D eigenvalue weighted by Gasteiger charge is 2.25. The van der Waals surface area contributed by atoms with E-state index in [9.17, 15) is 18.3 Å². The maximum absolute atomic E-state index is 12.3. The molecule has 19 heavy (non-hydrogen) atoms. The predicted octanol–water partition coefficient (Wildman–Crippen LogP) is -0.731. The molecule has 2 heterocycles. The van der Waals surface area contributed by atoms with Gasteiger partial charge in [-0.3, -0.25) is 4.79 Å². The summed E-state index contributed by atoms with van der Waals surface area (Å²) in [4.78, 5) is 13.8. The number of carbonyl (C=O) groups is 1. The van der Waals surface area contributed by atoms with Gasteiger partial charge in [0.25, 0.3) is 5.91 Å². The quantitative estimate of drug-likeness (QED) is 0.748. The van der Waals surface area contributed by atoms with Crippen molar-refractivity contribution in [3.8, 4) is 0 Å². The zero-order valence-corrected chi connectivity index (χ0v) is 11.4. The van der Waals surface area contributed by atoms with Crippen LogP contribution in [-0.2, 0) is 17.1 Å². The van der Waals surface area contributed by atoms with Crippen molar-refractivity contribution in [1.29, 1.82) is 0 Å². The van der Waals surface area contributed by atoms with Crippen molar-refractivity contribution in [1.82, 2.24) is 9.47 Å². The number of rotatable bonds is 2. The predicted molar refractivity (Wildman–Crippen MR) is 67.9 cm³/mol. The molecule has 1 amide bonds. The zero-order chi connectivity index (χ0) is 14.2. The van der Waals surface area contributed by atoms with Gasteiger partial charge in [0, 0.05) is 26.3 Å². The smallest absolute Gasteiger partial charge is 0.270 e. The Morgan fingerprint density at radius 1 is 1.42 bits per heavy atom. The Kier molecular flexibility index (Phi) is 3.66. The largest absolute Gasteiger partial charge is 0.393 e. The molecule has 0 bridgehead atoms. The van der Waals surface area contributed by atoms with E-state index in [2.05, 4.69) is 0 Å². The van der Waals surface area contributed by atoms with Gasteiger partial charge in [0.15, 0.2) is 0 Å². The highest BCUT2D eigenvalue weighted by molar-refractivity contribution is 7.89. The van der Waals surface area contributed by atoms with E-state index in [0.29, 0.717) is 25.9 Å². The van der Waals surface area contributed by atoms with Crippen LogP contribution in [0.5, 0.6) is 0 Å². The second-order valence-electron chi connectivity index (χ2n) is 4.74. The van der Waals surface area contributed by atoms with Crippen molar-refractivity contribution in [3.05, 3.63) is 18.0 Å². The maximum Gasteiger partial charge on any atom is 0.270 e. The first-order chi connectivity index (χ1) is 8.79. The number of aliphatic hydroxyl groups is 1. The Balaban J connectivity index is 2.22. The molecule has 1 aromatic rings. The number of carbonyl (C=O) groups excluding carboxylic acids is 1. The van der Waals surface area contributed by atoms with Gasteiger partial charge in [-0.05, 0) is 18.9 Å². The number of primary sulfonamides is 1. The van der Waals surface area contributed by atoms with Gasteiger partial charge < -0.3 is 14.6 Å². The average Bonchev–Trinajstić information content (AvgIpc) is 2.71. The summed E-state index contributed by atoms with van der Waals surface area (Å²) in [5.74, 6) is -0.246. The van der Waals surface area contributed by atoms with Crippen molar-refractivity contribution in [3.63, 3.8) is 0 Å². The lowest BCUT2D eigenvalue weighted by molar-refractivity contribution is 0.0538. The molecule has 1 aromatic heterocycles. The molecule has 3 N–H and O–H groups in total. The molecule has 0 aromatic carbocycles. The van der Waals surface area contributed by atoms with E-state index in [1.165, 1.54) is 16.8 Å². The van der Waals surface area contributed by atoms with Gasteiger partial charge in [-0.1, -0.05) is 0 Å². The molecule has 1 fully saturated rings. The molecular weight excluding hydrogens is 270 g/mol. The number of nitrogens with zero attached hydrogens (tertiary/aromatic N) is 2. The second kappa shape index (κ2) is 4.95. The summed E-state index contributed by atoms with van der Waals surface area (Å²) in [5, 5.41) is 14.4. The minimum absolute atomic E-state index is 0.0737. The van der Waals surface area contributed by atoms with E-state index < -0.39 is 10.0 Å². The fourth-order valence-corrected chi connectivity index (χ4v) is 2.71. The Morgan fingerprint density at radius 2 is 2.00 bits per heavy atom. The van der Waals surface area contributed by atoms with Gasteiger partial charge in [-0.2, -0.15) is 0 Å². The first-order valence-corrected chi connectivity index (χ1v) is 7.50. The Morgan fingerprint density at radius 3 is 2.47 bits per heavy atom. The number of amides is 1. The van der Waals surface area contributed by atoms with Crippen molar-refractivity contribution in [2.75, 3.05) is 13.1 Å². The van der Waals surface area contributed by atoms with Crippen LogP contribution in [0.2, 0.25) is 0 Å². The highest BCUT2D eigenvalue weighted by atomic mass is 32.2. The SMILES string of the molecule is Cn1cc(S(N)(=O)=O)cc1C(=O)N1CCC(O)CC1. The lowest BCUT2D eigenvalue weighted by Gasteiger charge is -2.29. The van der Waals surface area contributed by atoms with E-state index >= 15 is 0 Å². The normalized spacial score (nSPS) is 17.7. The Hall–Kier alpha value is -1.38. The third-order valence-electron chi connectivity index (χ3n) is 3.28.